The van der Waals surface area contributed by atoms with Crippen molar-refractivity contribution in [3.8, 4) is 0 Å². The van der Waals surface area contributed by atoms with Crippen LogP contribution in [-0.4, -0.2) is 36.5 Å². The quantitative estimate of drug-likeness (QED) is 0.509. The van der Waals surface area contributed by atoms with Gasteiger partial charge in [0, 0.05) is 13.6 Å². The van der Waals surface area contributed by atoms with E-state index in [9.17, 15) is 14.4 Å². The smallest absolute Gasteiger partial charge is 0.394 e. The van der Waals surface area contributed by atoms with E-state index < -0.39 is 17.3 Å². The topological polar surface area (TPSA) is 95.5 Å². The van der Waals surface area contributed by atoms with E-state index in [1.807, 2.05) is 0 Å². The summed E-state index contributed by atoms with van der Waals surface area (Å²) in [6.45, 7) is 3.19. The summed E-state index contributed by atoms with van der Waals surface area (Å²) in [6, 6.07) is 0. The Kier molecular flexibility index (Phi) is 4.07. The molecule has 0 saturated heterocycles. The molecule has 0 aromatic heterocycles. The van der Waals surface area contributed by atoms with Crippen LogP contribution >= 0.6 is 0 Å². The number of hydrogen-bond donors (Lipinski definition) is 3. The third kappa shape index (κ3) is 3.42. The van der Waals surface area contributed by atoms with Gasteiger partial charge in [0.05, 0.1) is 5.41 Å². The van der Waals surface area contributed by atoms with Crippen LogP contribution in [-0.2, 0) is 14.4 Å². The summed E-state index contributed by atoms with van der Waals surface area (Å²) in [5, 5.41) is 12.8. The van der Waals surface area contributed by atoms with Crippen LogP contribution in [0.2, 0.25) is 0 Å². The Hall–Kier alpha value is -1.59. The highest BCUT2D eigenvalue weighted by molar-refractivity contribution is 6.31. The van der Waals surface area contributed by atoms with E-state index >= 15 is 0 Å². The summed E-state index contributed by atoms with van der Waals surface area (Å²) in [6.07, 6.45) is 0. The molecule has 0 aliphatic rings. The first kappa shape index (κ1) is 12.4. The molecule has 6 nitrogen and oxygen atoms in total. The molecule has 0 spiro atoms. The third-order valence-corrected chi connectivity index (χ3v) is 1.73. The monoisotopic (exact) mass is 202 g/mol. The Bertz CT molecular complexity index is 260. The molecule has 0 heterocycles. The number of carboxylic acids is 1. The zero-order valence-corrected chi connectivity index (χ0v) is 8.38. The summed E-state index contributed by atoms with van der Waals surface area (Å²) in [5.74, 6) is -2.93. The van der Waals surface area contributed by atoms with Gasteiger partial charge in [0.25, 0.3) is 0 Å². The van der Waals surface area contributed by atoms with Crippen molar-refractivity contribution >= 4 is 17.8 Å². The molecule has 6 heteroatoms. The van der Waals surface area contributed by atoms with Gasteiger partial charge < -0.3 is 15.7 Å². The van der Waals surface area contributed by atoms with E-state index in [0.29, 0.717) is 0 Å². The molecule has 80 valence electrons. The summed E-state index contributed by atoms with van der Waals surface area (Å²) < 4.78 is 0. The Morgan fingerprint density at radius 3 is 2.14 bits per heavy atom. The van der Waals surface area contributed by atoms with E-state index in [1.54, 1.807) is 13.8 Å². The molecule has 0 radical (unpaired) electrons. The lowest BCUT2D eigenvalue weighted by molar-refractivity contribution is -0.150. The second kappa shape index (κ2) is 4.59. The van der Waals surface area contributed by atoms with E-state index in [4.69, 9.17) is 5.11 Å². The Balaban J connectivity index is 4.18. The summed E-state index contributed by atoms with van der Waals surface area (Å²) in [4.78, 5) is 32.0. The van der Waals surface area contributed by atoms with Crippen molar-refractivity contribution in [2.75, 3.05) is 13.6 Å². The van der Waals surface area contributed by atoms with Crippen LogP contribution in [0.25, 0.3) is 0 Å². The summed E-state index contributed by atoms with van der Waals surface area (Å²) in [5.41, 5.74) is -0.820. The lowest BCUT2D eigenvalue weighted by Crippen LogP contribution is -2.45. The van der Waals surface area contributed by atoms with Crippen LogP contribution in [0.3, 0.4) is 0 Å². The number of carbonyl (C=O) groups is 3. The van der Waals surface area contributed by atoms with Gasteiger partial charge in [-0.3, -0.25) is 9.59 Å². The van der Waals surface area contributed by atoms with E-state index in [2.05, 4.69) is 10.6 Å². The highest BCUT2D eigenvalue weighted by atomic mass is 16.4. The molecule has 0 aliphatic carbocycles. The van der Waals surface area contributed by atoms with Gasteiger partial charge in [-0.15, -0.1) is 0 Å². The van der Waals surface area contributed by atoms with Gasteiger partial charge in [0.1, 0.15) is 0 Å². The van der Waals surface area contributed by atoms with Gasteiger partial charge in [-0.2, -0.15) is 0 Å². The highest BCUT2D eigenvalue weighted by Crippen LogP contribution is 2.12. The van der Waals surface area contributed by atoms with Crippen molar-refractivity contribution in [3.63, 3.8) is 0 Å². The van der Waals surface area contributed by atoms with Gasteiger partial charge in [-0.25, -0.2) is 4.79 Å². The maximum Gasteiger partial charge on any atom is 0.394 e. The number of rotatable bonds is 3. The fourth-order valence-electron chi connectivity index (χ4n) is 0.796. The number of nitrogens with one attached hydrogen (secondary N) is 2. The molecule has 0 aliphatic heterocycles. The molecule has 0 aromatic carbocycles. The Morgan fingerprint density at radius 1 is 1.29 bits per heavy atom. The van der Waals surface area contributed by atoms with E-state index in [1.165, 1.54) is 7.05 Å². The number of carboxylic acid groups (broad SMARTS) is 1. The first-order valence-corrected chi connectivity index (χ1v) is 4.04. The first-order valence-electron chi connectivity index (χ1n) is 4.04. The largest absolute Gasteiger partial charge is 0.474 e. The molecule has 0 unspecified atom stereocenters. The predicted molar refractivity (Wildman–Crippen MR) is 48.5 cm³/mol. The average molecular weight is 202 g/mol. The van der Waals surface area contributed by atoms with Crippen molar-refractivity contribution in [1.29, 1.82) is 0 Å². The fourth-order valence-corrected chi connectivity index (χ4v) is 0.796. The van der Waals surface area contributed by atoms with Crippen LogP contribution < -0.4 is 10.6 Å². The molecule has 14 heavy (non-hydrogen) atoms. The van der Waals surface area contributed by atoms with Crippen LogP contribution in [0.5, 0.6) is 0 Å². The van der Waals surface area contributed by atoms with Gasteiger partial charge >= 0.3 is 11.9 Å². The normalized spacial score (nSPS) is 10.5. The molecule has 0 atom stereocenters. The Labute approximate surface area is 81.7 Å². The zero-order valence-electron chi connectivity index (χ0n) is 8.38. The van der Waals surface area contributed by atoms with Crippen molar-refractivity contribution in [2.24, 2.45) is 5.41 Å². The van der Waals surface area contributed by atoms with Crippen molar-refractivity contribution in [1.82, 2.24) is 10.6 Å². The molecule has 0 saturated carbocycles. The number of carbonyl (C=O) groups excluding carboxylic acids is 2. The molecule has 3 N–H and O–H groups in total. The van der Waals surface area contributed by atoms with Crippen LogP contribution in [0.15, 0.2) is 0 Å². The van der Waals surface area contributed by atoms with Crippen LogP contribution in [0.1, 0.15) is 13.8 Å². The molecule has 0 aromatic rings. The number of amides is 2. The maximum absolute atomic E-state index is 11.2. The molecule has 0 fully saturated rings. The predicted octanol–water partition coefficient (Wildman–Crippen LogP) is -1.04. The van der Waals surface area contributed by atoms with Gasteiger partial charge in [0.15, 0.2) is 0 Å². The minimum Gasteiger partial charge on any atom is -0.474 e. The fraction of sp³-hybridized carbons (Fsp3) is 0.625. The van der Waals surface area contributed by atoms with E-state index in [0.717, 1.165) is 0 Å². The number of aliphatic carboxylic acids is 1. The maximum atomic E-state index is 11.2. The van der Waals surface area contributed by atoms with Gasteiger partial charge in [-0.1, -0.05) is 0 Å². The van der Waals surface area contributed by atoms with Gasteiger partial charge in [-0.05, 0) is 13.8 Å². The molecule has 0 rings (SSSR count). The number of hydrogen-bond acceptors (Lipinski definition) is 3. The van der Waals surface area contributed by atoms with Crippen molar-refractivity contribution in [3.05, 3.63) is 0 Å². The zero-order chi connectivity index (χ0) is 11.4. The third-order valence-electron chi connectivity index (χ3n) is 1.73. The molecular formula is C8H14N2O4. The van der Waals surface area contributed by atoms with Crippen LogP contribution in [0.4, 0.5) is 0 Å². The lowest BCUT2D eigenvalue weighted by atomic mass is 9.92. The second-order valence-electron chi connectivity index (χ2n) is 3.45. The summed E-state index contributed by atoms with van der Waals surface area (Å²) in [7, 11) is 1.48. The van der Waals surface area contributed by atoms with Crippen LogP contribution in [0, 0.1) is 5.41 Å². The lowest BCUT2D eigenvalue weighted by Gasteiger charge is -2.22. The minimum absolute atomic E-state index is 0.0161. The Morgan fingerprint density at radius 2 is 1.79 bits per heavy atom. The summed E-state index contributed by atoms with van der Waals surface area (Å²) >= 11 is 0. The second-order valence-corrected chi connectivity index (χ2v) is 3.45. The molecule has 2 amide bonds. The van der Waals surface area contributed by atoms with Crippen molar-refractivity contribution in [2.45, 2.75) is 13.8 Å². The molecule has 0 bridgehead atoms. The molecular weight excluding hydrogens is 188 g/mol. The highest BCUT2D eigenvalue weighted by Gasteiger charge is 2.27. The first-order chi connectivity index (χ1) is 6.31. The average Bonchev–Trinajstić information content (AvgIpc) is 2.12. The van der Waals surface area contributed by atoms with Crippen molar-refractivity contribution < 1.29 is 19.5 Å². The minimum atomic E-state index is -1.56. The van der Waals surface area contributed by atoms with Gasteiger partial charge in [0.2, 0.25) is 5.91 Å². The standard InChI is InChI=1S/C8H14N2O4/c1-8(2,7(14)9-3)4-10-5(11)6(12)13/h4H2,1-3H3,(H,9,14)(H,10,11)(H,12,13). The SMILES string of the molecule is CNC(=O)C(C)(C)CNC(=O)C(=O)O. The van der Waals surface area contributed by atoms with E-state index in [-0.39, 0.29) is 12.5 Å².